The second-order valence-corrected chi connectivity index (χ2v) is 9.03. The van der Waals surface area contributed by atoms with E-state index in [1.165, 1.54) is 17.5 Å². The summed E-state index contributed by atoms with van der Waals surface area (Å²) in [5, 5.41) is 4.60. The molecule has 0 aliphatic carbocycles. The molecule has 3 aromatic heterocycles. The van der Waals surface area contributed by atoms with Gasteiger partial charge in [0.05, 0.1) is 15.4 Å². The highest BCUT2D eigenvalue weighted by molar-refractivity contribution is 7.18. The molecular formula is C21H28N6S. The Morgan fingerprint density at radius 3 is 2.86 bits per heavy atom. The van der Waals surface area contributed by atoms with E-state index < -0.39 is 0 Å². The predicted octanol–water partition coefficient (Wildman–Crippen LogP) is 4.29. The van der Waals surface area contributed by atoms with Crippen LogP contribution in [0, 0.1) is 26.7 Å². The fourth-order valence-corrected chi connectivity index (χ4v) is 4.80. The molecule has 0 aromatic carbocycles. The number of aromatic nitrogens is 4. The van der Waals surface area contributed by atoms with Crippen LogP contribution in [0.1, 0.15) is 48.0 Å². The SMILES string of the molecule is Cc1cc(NCC2CCCN(C(C)c3ccc4sc(C)nc4n3)C2)nc(C)n1. The van der Waals surface area contributed by atoms with Crippen LogP contribution in [0.4, 0.5) is 5.82 Å². The van der Waals surface area contributed by atoms with Crippen molar-refractivity contribution in [2.75, 3.05) is 25.0 Å². The van der Waals surface area contributed by atoms with Gasteiger partial charge in [0.15, 0.2) is 5.65 Å². The summed E-state index contributed by atoms with van der Waals surface area (Å²) < 4.78 is 1.17. The molecule has 0 radical (unpaired) electrons. The van der Waals surface area contributed by atoms with Crippen LogP contribution in [-0.4, -0.2) is 44.5 Å². The Labute approximate surface area is 170 Å². The highest BCUT2D eigenvalue weighted by Gasteiger charge is 2.25. The van der Waals surface area contributed by atoms with Crippen LogP contribution in [0.25, 0.3) is 10.3 Å². The van der Waals surface area contributed by atoms with Gasteiger partial charge < -0.3 is 5.32 Å². The van der Waals surface area contributed by atoms with E-state index >= 15 is 0 Å². The summed E-state index contributed by atoms with van der Waals surface area (Å²) >= 11 is 1.71. The minimum absolute atomic E-state index is 0.303. The van der Waals surface area contributed by atoms with Crippen molar-refractivity contribution in [3.8, 4) is 0 Å². The van der Waals surface area contributed by atoms with Gasteiger partial charge in [0.2, 0.25) is 0 Å². The van der Waals surface area contributed by atoms with Crippen molar-refractivity contribution in [3.63, 3.8) is 0 Å². The van der Waals surface area contributed by atoms with Crippen molar-refractivity contribution < 1.29 is 0 Å². The normalized spacial score (nSPS) is 19.1. The van der Waals surface area contributed by atoms with Crippen LogP contribution < -0.4 is 5.32 Å². The monoisotopic (exact) mass is 396 g/mol. The van der Waals surface area contributed by atoms with Crippen LogP contribution in [0.3, 0.4) is 0 Å². The number of fused-ring (bicyclic) bond motifs is 1. The molecule has 3 aromatic rings. The Balaban J connectivity index is 1.40. The average Bonchev–Trinajstić information content (AvgIpc) is 3.04. The van der Waals surface area contributed by atoms with E-state index in [4.69, 9.17) is 4.98 Å². The van der Waals surface area contributed by atoms with Crippen molar-refractivity contribution in [1.29, 1.82) is 0 Å². The lowest BCUT2D eigenvalue weighted by Crippen LogP contribution is -2.39. The number of nitrogens with zero attached hydrogens (tertiary/aromatic N) is 5. The molecule has 4 heterocycles. The van der Waals surface area contributed by atoms with Gasteiger partial charge in [-0.05, 0) is 65.1 Å². The lowest BCUT2D eigenvalue weighted by Gasteiger charge is -2.36. The minimum atomic E-state index is 0.303. The first-order chi connectivity index (χ1) is 13.5. The Kier molecular flexibility index (Phi) is 5.55. The molecule has 1 aliphatic heterocycles. The van der Waals surface area contributed by atoms with E-state index in [0.29, 0.717) is 12.0 Å². The van der Waals surface area contributed by atoms with E-state index in [-0.39, 0.29) is 0 Å². The Bertz CT molecular complexity index is 948. The van der Waals surface area contributed by atoms with Crippen LogP contribution >= 0.6 is 11.3 Å². The summed E-state index contributed by atoms with van der Waals surface area (Å²) in [4.78, 5) is 20.8. The molecule has 0 saturated carbocycles. The third kappa shape index (κ3) is 4.31. The first kappa shape index (κ1) is 19.2. The third-order valence-electron chi connectivity index (χ3n) is 5.45. The van der Waals surface area contributed by atoms with Gasteiger partial charge in [0, 0.05) is 30.9 Å². The Hall–Kier alpha value is -2.12. The van der Waals surface area contributed by atoms with Gasteiger partial charge in [-0.25, -0.2) is 19.9 Å². The smallest absolute Gasteiger partial charge is 0.170 e. The molecule has 1 fully saturated rings. The molecule has 4 rings (SSSR count). The van der Waals surface area contributed by atoms with Crippen molar-refractivity contribution in [1.82, 2.24) is 24.8 Å². The fourth-order valence-electron chi connectivity index (χ4n) is 4.03. The number of thiazole rings is 1. The highest BCUT2D eigenvalue weighted by Crippen LogP contribution is 2.28. The van der Waals surface area contributed by atoms with Gasteiger partial charge in [-0.1, -0.05) is 0 Å². The van der Waals surface area contributed by atoms with Gasteiger partial charge in [-0.2, -0.15) is 0 Å². The number of likely N-dealkylation sites (tertiary alicyclic amines) is 1. The molecule has 28 heavy (non-hydrogen) atoms. The number of aryl methyl sites for hydroxylation is 3. The van der Waals surface area contributed by atoms with Crippen molar-refractivity contribution in [3.05, 3.63) is 40.4 Å². The number of hydrogen-bond acceptors (Lipinski definition) is 7. The molecular weight excluding hydrogens is 368 g/mol. The average molecular weight is 397 g/mol. The second-order valence-electron chi connectivity index (χ2n) is 7.79. The zero-order valence-corrected chi connectivity index (χ0v) is 17.9. The molecule has 7 heteroatoms. The van der Waals surface area contributed by atoms with Crippen LogP contribution in [-0.2, 0) is 0 Å². The molecule has 1 saturated heterocycles. The van der Waals surface area contributed by atoms with Gasteiger partial charge >= 0.3 is 0 Å². The number of nitrogens with one attached hydrogen (secondary N) is 1. The summed E-state index contributed by atoms with van der Waals surface area (Å²) in [7, 11) is 0. The summed E-state index contributed by atoms with van der Waals surface area (Å²) in [6, 6.07) is 6.66. The number of rotatable bonds is 5. The van der Waals surface area contributed by atoms with E-state index in [1.54, 1.807) is 11.3 Å². The van der Waals surface area contributed by atoms with Crippen LogP contribution in [0.5, 0.6) is 0 Å². The Morgan fingerprint density at radius 1 is 1.18 bits per heavy atom. The summed E-state index contributed by atoms with van der Waals surface area (Å²) in [5.41, 5.74) is 3.01. The summed E-state index contributed by atoms with van der Waals surface area (Å²) in [6.45, 7) is 11.4. The lowest BCUT2D eigenvalue weighted by molar-refractivity contribution is 0.134. The molecule has 0 spiro atoms. The molecule has 0 bridgehead atoms. The number of piperidine rings is 1. The zero-order valence-electron chi connectivity index (χ0n) is 17.1. The number of pyridine rings is 1. The van der Waals surface area contributed by atoms with Gasteiger partial charge in [0.1, 0.15) is 11.6 Å². The topological polar surface area (TPSA) is 66.8 Å². The van der Waals surface area contributed by atoms with E-state index in [2.05, 4.69) is 44.2 Å². The van der Waals surface area contributed by atoms with Gasteiger partial charge in [0.25, 0.3) is 0 Å². The number of hydrogen-bond donors (Lipinski definition) is 1. The molecule has 1 N–H and O–H groups in total. The maximum absolute atomic E-state index is 4.83. The van der Waals surface area contributed by atoms with E-state index in [9.17, 15) is 0 Å². The molecule has 0 amide bonds. The lowest BCUT2D eigenvalue weighted by atomic mass is 9.96. The molecule has 2 atom stereocenters. The van der Waals surface area contributed by atoms with E-state index in [0.717, 1.165) is 53.3 Å². The van der Waals surface area contributed by atoms with E-state index in [1.807, 2.05) is 26.8 Å². The minimum Gasteiger partial charge on any atom is -0.370 e. The van der Waals surface area contributed by atoms with Gasteiger partial charge in [-0.15, -0.1) is 11.3 Å². The third-order valence-corrected chi connectivity index (χ3v) is 6.37. The second kappa shape index (κ2) is 8.09. The van der Waals surface area contributed by atoms with Crippen molar-refractivity contribution in [2.45, 2.75) is 46.6 Å². The first-order valence-electron chi connectivity index (χ1n) is 10.0. The molecule has 148 valence electrons. The quantitative estimate of drug-likeness (QED) is 0.694. The number of anilines is 1. The Morgan fingerprint density at radius 2 is 2.04 bits per heavy atom. The first-order valence-corrected chi connectivity index (χ1v) is 10.8. The fraction of sp³-hybridized carbons (Fsp3) is 0.524. The predicted molar refractivity (Wildman–Crippen MR) is 115 cm³/mol. The maximum atomic E-state index is 4.83. The summed E-state index contributed by atoms with van der Waals surface area (Å²) in [5.74, 6) is 2.36. The molecule has 2 unspecified atom stereocenters. The standard InChI is InChI=1S/C21H28N6S/c1-13-10-20(24-15(3)23-13)22-11-17-6-5-9-27(12-17)14(2)18-7-8-19-21(26-18)25-16(4)28-19/h7-8,10,14,17H,5-6,9,11-12H2,1-4H3,(H,22,23,24). The molecule has 1 aliphatic rings. The van der Waals surface area contributed by atoms with Crippen molar-refractivity contribution in [2.24, 2.45) is 5.92 Å². The molecule has 6 nitrogen and oxygen atoms in total. The maximum Gasteiger partial charge on any atom is 0.170 e. The zero-order chi connectivity index (χ0) is 19.7. The highest BCUT2D eigenvalue weighted by atomic mass is 32.1. The van der Waals surface area contributed by atoms with Crippen LogP contribution in [0.2, 0.25) is 0 Å². The summed E-state index contributed by atoms with van der Waals surface area (Å²) in [6.07, 6.45) is 2.47. The van der Waals surface area contributed by atoms with Crippen molar-refractivity contribution >= 4 is 27.5 Å². The largest absolute Gasteiger partial charge is 0.370 e. The van der Waals surface area contributed by atoms with Gasteiger partial charge in [-0.3, -0.25) is 4.90 Å². The van der Waals surface area contributed by atoms with Crippen LogP contribution in [0.15, 0.2) is 18.2 Å².